The molecule has 0 fully saturated rings. The first-order valence-electron chi connectivity index (χ1n) is 11.2. The molecular weight excluding hydrogens is 381 g/mol. The van der Waals surface area contributed by atoms with Crippen LogP contribution < -0.4 is 0 Å². The molecule has 1 atom stereocenters. The number of alkyl halides is 2. The first-order chi connectivity index (χ1) is 14.3. The molecule has 0 amide bonds. The van der Waals surface area contributed by atoms with Crippen LogP contribution in [0.1, 0.15) is 73.1 Å². The topological polar surface area (TPSA) is 0 Å². The van der Waals surface area contributed by atoms with Crippen LogP contribution in [0.3, 0.4) is 0 Å². The van der Waals surface area contributed by atoms with Gasteiger partial charge in [-0.3, -0.25) is 0 Å². The number of allylic oxidation sites excluding steroid dienone is 11. The Morgan fingerprint density at radius 1 is 1.00 bits per heavy atom. The quantitative estimate of drug-likeness (QED) is 0.182. The molecule has 0 aromatic carbocycles. The lowest BCUT2D eigenvalue weighted by atomic mass is 9.88. The van der Waals surface area contributed by atoms with Crippen molar-refractivity contribution < 1.29 is 13.2 Å². The Balaban J connectivity index is 5.97. The predicted molar refractivity (Wildman–Crippen MR) is 127 cm³/mol. The number of hydrogen-bond acceptors (Lipinski definition) is 0. The van der Waals surface area contributed by atoms with Gasteiger partial charge in [-0.05, 0) is 61.7 Å². The van der Waals surface area contributed by atoms with Gasteiger partial charge in [-0.2, -0.15) is 0 Å². The van der Waals surface area contributed by atoms with Gasteiger partial charge in [-0.25, -0.2) is 13.2 Å². The zero-order valence-corrected chi connectivity index (χ0v) is 19.6. The first kappa shape index (κ1) is 28.2. The van der Waals surface area contributed by atoms with Crippen molar-refractivity contribution in [2.75, 3.05) is 13.3 Å². The standard InChI is InChI=1S/C27H41F3/c1-7-12-24(16-14-21(4)5)22(6)15-17-23(8-2)25(13-10-11-18-28)19-26(20-29)27(30)9-3/h8,10-11,15,17,19,21,24H,2,7,9,12-14,16,18,20H2,1,3-6H3/b11-10+,22-15+,23-17+,25-19+,27-26-. The highest BCUT2D eigenvalue weighted by Gasteiger charge is 2.11. The second-order valence-electron chi connectivity index (χ2n) is 8.11. The van der Waals surface area contributed by atoms with E-state index in [-0.39, 0.29) is 12.0 Å². The van der Waals surface area contributed by atoms with Crippen LogP contribution in [-0.2, 0) is 0 Å². The van der Waals surface area contributed by atoms with Crippen LogP contribution in [-0.4, -0.2) is 13.3 Å². The van der Waals surface area contributed by atoms with Gasteiger partial charge in [0.25, 0.3) is 0 Å². The van der Waals surface area contributed by atoms with E-state index in [0.717, 1.165) is 30.4 Å². The first-order valence-corrected chi connectivity index (χ1v) is 11.2. The Morgan fingerprint density at radius 3 is 2.20 bits per heavy atom. The number of rotatable bonds is 15. The van der Waals surface area contributed by atoms with Crippen molar-refractivity contribution in [3.05, 3.63) is 71.2 Å². The van der Waals surface area contributed by atoms with Gasteiger partial charge in [-0.1, -0.05) is 83.1 Å². The summed E-state index contributed by atoms with van der Waals surface area (Å²) in [5.41, 5.74) is 2.86. The number of hydrogen-bond donors (Lipinski definition) is 0. The molecule has 0 saturated heterocycles. The highest BCUT2D eigenvalue weighted by molar-refractivity contribution is 5.46. The van der Waals surface area contributed by atoms with E-state index in [1.165, 1.54) is 18.1 Å². The number of halogens is 3. The largest absolute Gasteiger partial charge is 0.247 e. The van der Waals surface area contributed by atoms with E-state index >= 15 is 0 Å². The molecule has 0 bridgehead atoms. The molecule has 0 aromatic rings. The normalized spacial score (nSPS) is 15.7. The Morgan fingerprint density at radius 2 is 1.70 bits per heavy atom. The van der Waals surface area contributed by atoms with Crippen molar-refractivity contribution in [1.29, 1.82) is 0 Å². The highest BCUT2D eigenvalue weighted by atomic mass is 19.1. The van der Waals surface area contributed by atoms with Gasteiger partial charge >= 0.3 is 0 Å². The second-order valence-corrected chi connectivity index (χ2v) is 8.11. The van der Waals surface area contributed by atoms with Crippen LogP contribution in [0, 0.1) is 11.8 Å². The zero-order chi connectivity index (χ0) is 22.9. The third-order valence-electron chi connectivity index (χ3n) is 5.23. The molecule has 0 aromatic heterocycles. The van der Waals surface area contributed by atoms with Crippen molar-refractivity contribution in [3.63, 3.8) is 0 Å². The van der Waals surface area contributed by atoms with Gasteiger partial charge in [-0.15, -0.1) is 0 Å². The van der Waals surface area contributed by atoms with Gasteiger partial charge in [0.2, 0.25) is 0 Å². The molecule has 0 spiro atoms. The third-order valence-corrected chi connectivity index (χ3v) is 5.23. The van der Waals surface area contributed by atoms with E-state index in [9.17, 15) is 13.2 Å². The fraction of sp³-hybridized carbons (Fsp3) is 0.556. The van der Waals surface area contributed by atoms with Crippen LogP contribution in [0.2, 0.25) is 0 Å². The lowest BCUT2D eigenvalue weighted by Gasteiger charge is -2.18. The fourth-order valence-electron chi connectivity index (χ4n) is 3.31. The van der Waals surface area contributed by atoms with E-state index in [2.05, 4.69) is 40.3 Å². The van der Waals surface area contributed by atoms with Gasteiger partial charge in [0.15, 0.2) is 0 Å². The van der Waals surface area contributed by atoms with Crippen molar-refractivity contribution in [2.45, 2.75) is 73.1 Å². The Bertz CT molecular complexity index is 645. The molecule has 0 rings (SSSR count). The lowest BCUT2D eigenvalue weighted by molar-refractivity contribution is 0.442. The van der Waals surface area contributed by atoms with Crippen LogP contribution >= 0.6 is 0 Å². The summed E-state index contributed by atoms with van der Waals surface area (Å²) in [6.45, 7) is 12.9. The highest BCUT2D eigenvalue weighted by Crippen LogP contribution is 2.26. The Labute approximate surface area is 183 Å². The average molecular weight is 423 g/mol. The van der Waals surface area contributed by atoms with Crippen LogP contribution in [0.15, 0.2) is 71.2 Å². The van der Waals surface area contributed by atoms with Crippen LogP contribution in [0.5, 0.6) is 0 Å². The molecule has 0 aliphatic heterocycles. The SMILES string of the molecule is C=CC(=C\C=C(/C)C(CCC)CCC(C)C)/C(=C/C(CF)=C(/F)CC)C/C=C/CF. The summed E-state index contributed by atoms with van der Waals surface area (Å²) in [5.74, 6) is 0.737. The summed E-state index contributed by atoms with van der Waals surface area (Å²) >= 11 is 0. The molecule has 0 nitrogen and oxygen atoms in total. The third kappa shape index (κ3) is 11.4. The molecule has 30 heavy (non-hydrogen) atoms. The van der Waals surface area contributed by atoms with Crippen molar-refractivity contribution >= 4 is 0 Å². The maximum Gasteiger partial charge on any atom is 0.117 e. The van der Waals surface area contributed by atoms with E-state index in [1.54, 1.807) is 25.2 Å². The smallest absolute Gasteiger partial charge is 0.117 e. The molecule has 0 aliphatic carbocycles. The van der Waals surface area contributed by atoms with Crippen LogP contribution in [0.4, 0.5) is 13.2 Å². The Hall–Kier alpha value is -1.77. The molecular formula is C27H41F3. The minimum Gasteiger partial charge on any atom is -0.247 e. The van der Waals surface area contributed by atoms with Crippen molar-refractivity contribution in [1.82, 2.24) is 0 Å². The maximum absolute atomic E-state index is 14.0. The van der Waals surface area contributed by atoms with Crippen LogP contribution in [0.25, 0.3) is 0 Å². The van der Waals surface area contributed by atoms with Gasteiger partial charge in [0.05, 0.1) is 0 Å². The van der Waals surface area contributed by atoms with E-state index in [4.69, 9.17) is 0 Å². The Kier molecular flexibility index (Phi) is 16.0. The van der Waals surface area contributed by atoms with Crippen molar-refractivity contribution in [3.8, 4) is 0 Å². The summed E-state index contributed by atoms with van der Waals surface area (Å²) in [6, 6.07) is 0. The van der Waals surface area contributed by atoms with Gasteiger partial charge < -0.3 is 0 Å². The molecule has 0 aliphatic rings. The van der Waals surface area contributed by atoms with E-state index < -0.39 is 19.2 Å². The van der Waals surface area contributed by atoms with Gasteiger partial charge in [0, 0.05) is 5.57 Å². The minimum absolute atomic E-state index is 0.0374. The summed E-state index contributed by atoms with van der Waals surface area (Å²) in [5, 5.41) is 0. The summed E-state index contributed by atoms with van der Waals surface area (Å²) < 4.78 is 39.9. The fourth-order valence-corrected chi connectivity index (χ4v) is 3.31. The molecule has 0 radical (unpaired) electrons. The molecule has 0 N–H and O–H groups in total. The molecule has 3 heteroatoms. The summed E-state index contributed by atoms with van der Waals surface area (Å²) in [7, 11) is 0. The molecule has 170 valence electrons. The van der Waals surface area contributed by atoms with E-state index in [0.29, 0.717) is 18.3 Å². The average Bonchev–Trinajstić information content (AvgIpc) is 2.73. The van der Waals surface area contributed by atoms with Gasteiger partial charge in [0.1, 0.15) is 19.2 Å². The summed E-state index contributed by atoms with van der Waals surface area (Å²) in [4.78, 5) is 0. The lowest BCUT2D eigenvalue weighted by Crippen LogP contribution is -2.04. The summed E-state index contributed by atoms with van der Waals surface area (Å²) in [6.07, 6.45) is 15.5. The molecule has 0 heterocycles. The predicted octanol–water partition coefficient (Wildman–Crippen LogP) is 9.34. The maximum atomic E-state index is 14.0. The second kappa shape index (κ2) is 17.0. The van der Waals surface area contributed by atoms with E-state index in [1.807, 2.05) is 6.08 Å². The molecule has 1 unspecified atom stereocenters. The zero-order valence-electron chi connectivity index (χ0n) is 19.6. The monoisotopic (exact) mass is 422 g/mol. The minimum atomic E-state index is -0.872. The van der Waals surface area contributed by atoms with Crippen molar-refractivity contribution in [2.24, 2.45) is 11.8 Å². The molecule has 0 saturated carbocycles.